The van der Waals surface area contributed by atoms with Crippen molar-refractivity contribution in [2.45, 2.75) is 83.3 Å². The fraction of sp³-hybridized carbons (Fsp3) is 0.938. The summed E-state index contributed by atoms with van der Waals surface area (Å²) in [5.41, 5.74) is 0. The Morgan fingerprint density at radius 1 is 1.00 bits per heavy atom. The Morgan fingerprint density at radius 3 is 2.21 bits per heavy atom. The molecule has 2 aliphatic carbocycles. The summed E-state index contributed by atoms with van der Waals surface area (Å²) in [7, 11) is 0. The highest BCUT2D eigenvalue weighted by atomic mass is 16.6. The first-order valence-corrected chi connectivity index (χ1v) is 8.08. The molecule has 0 amide bonds. The molecule has 2 aliphatic rings. The normalized spacial score (nSPS) is 24.1. The van der Waals surface area contributed by atoms with E-state index >= 15 is 0 Å². The highest BCUT2D eigenvalue weighted by Gasteiger charge is 2.24. The second kappa shape index (κ2) is 7.88. The zero-order chi connectivity index (χ0) is 13.5. The molecular formula is C16H28O3. The van der Waals surface area contributed by atoms with Crippen LogP contribution < -0.4 is 0 Å². The SMILES string of the molecule is CC(COC1CCCCC1)OC(=O)C1CCCCC1. The second-order valence-corrected chi connectivity index (χ2v) is 6.18. The third-order valence-corrected chi connectivity index (χ3v) is 4.37. The van der Waals surface area contributed by atoms with E-state index in [4.69, 9.17) is 9.47 Å². The molecule has 0 bridgehead atoms. The summed E-state index contributed by atoms with van der Waals surface area (Å²) in [5, 5.41) is 0. The molecule has 0 aromatic heterocycles. The average molecular weight is 268 g/mol. The topological polar surface area (TPSA) is 35.5 Å². The summed E-state index contributed by atoms with van der Waals surface area (Å²) in [6.07, 6.45) is 12.2. The minimum Gasteiger partial charge on any atom is -0.460 e. The van der Waals surface area contributed by atoms with Crippen molar-refractivity contribution in [2.24, 2.45) is 5.92 Å². The van der Waals surface area contributed by atoms with Gasteiger partial charge in [0.2, 0.25) is 0 Å². The minimum atomic E-state index is -0.101. The first-order valence-electron chi connectivity index (χ1n) is 8.08. The van der Waals surface area contributed by atoms with Gasteiger partial charge >= 0.3 is 5.97 Å². The molecule has 2 fully saturated rings. The Morgan fingerprint density at radius 2 is 1.58 bits per heavy atom. The van der Waals surface area contributed by atoms with Crippen LogP contribution in [0, 0.1) is 5.92 Å². The van der Waals surface area contributed by atoms with Crippen molar-refractivity contribution in [1.29, 1.82) is 0 Å². The van der Waals surface area contributed by atoms with Crippen LogP contribution in [-0.2, 0) is 14.3 Å². The third-order valence-electron chi connectivity index (χ3n) is 4.37. The van der Waals surface area contributed by atoms with Crippen molar-refractivity contribution in [3.8, 4) is 0 Å². The van der Waals surface area contributed by atoms with Gasteiger partial charge in [-0.1, -0.05) is 38.5 Å². The van der Waals surface area contributed by atoms with Crippen LogP contribution in [0.3, 0.4) is 0 Å². The first kappa shape index (κ1) is 14.8. The molecule has 0 spiro atoms. The standard InChI is InChI=1S/C16H28O3/c1-13(12-18-15-10-6-3-7-11-15)19-16(17)14-8-4-2-5-9-14/h13-15H,2-12H2,1H3. The molecule has 1 atom stereocenters. The third kappa shape index (κ3) is 5.13. The van der Waals surface area contributed by atoms with Crippen molar-refractivity contribution >= 4 is 5.97 Å². The molecular weight excluding hydrogens is 240 g/mol. The highest BCUT2D eigenvalue weighted by Crippen LogP contribution is 2.25. The van der Waals surface area contributed by atoms with Gasteiger partial charge in [0.15, 0.2) is 0 Å². The number of carbonyl (C=O) groups excluding carboxylic acids is 1. The van der Waals surface area contributed by atoms with Gasteiger partial charge in [-0.3, -0.25) is 4.79 Å². The van der Waals surface area contributed by atoms with Crippen LogP contribution in [0.25, 0.3) is 0 Å². The molecule has 0 radical (unpaired) electrons. The molecule has 0 heterocycles. The van der Waals surface area contributed by atoms with E-state index in [1.54, 1.807) is 0 Å². The van der Waals surface area contributed by atoms with Gasteiger partial charge in [-0.2, -0.15) is 0 Å². The van der Waals surface area contributed by atoms with E-state index in [9.17, 15) is 4.79 Å². The number of carbonyl (C=O) groups is 1. The Kier molecular flexibility index (Phi) is 6.15. The van der Waals surface area contributed by atoms with E-state index in [-0.39, 0.29) is 18.0 Å². The van der Waals surface area contributed by atoms with E-state index in [2.05, 4.69) is 0 Å². The van der Waals surface area contributed by atoms with Crippen LogP contribution in [0.2, 0.25) is 0 Å². The van der Waals surface area contributed by atoms with Gasteiger partial charge in [0.1, 0.15) is 6.10 Å². The molecule has 2 rings (SSSR count). The molecule has 19 heavy (non-hydrogen) atoms. The van der Waals surface area contributed by atoms with Gasteiger partial charge in [-0.15, -0.1) is 0 Å². The summed E-state index contributed by atoms with van der Waals surface area (Å²) >= 11 is 0. The average Bonchev–Trinajstić information content (AvgIpc) is 2.47. The van der Waals surface area contributed by atoms with Crippen LogP contribution in [0.1, 0.15) is 71.1 Å². The lowest BCUT2D eigenvalue weighted by Crippen LogP contribution is -2.29. The quantitative estimate of drug-likeness (QED) is 0.710. The van der Waals surface area contributed by atoms with E-state index in [0.717, 1.165) is 12.8 Å². The Balaban J connectivity index is 1.62. The van der Waals surface area contributed by atoms with Crippen molar-refractivity contribution in [2.75, 3.05) is 6.61 Å². The van der Waals surface area contributed by atoms with E-state index < -0.39 is 0 Å². The number of ether oxygens (including phenoxy) is 2. The Labute approximate surface area is 117 Å². The first-order chi connectivity index (χ1) is 9.25. The number of esters is 1. The van der Waals surface area contributed by atoms with Gasteiger partial charge < -0.3 is 9.47 Å². The lowest BCUT2D eigenvalue weighted by Gasteiger charge is -2.25. The molecule has 3 heteroatoms. The van der Waals surface area contributed by atoms with Gasteiger partial charge in [0.05, 0.1) is 18.6 Å². The lowest BCUT2D eigenvalue weighted by molar-refractivity contribution is -0.158. The molecule has 0 aromatic carbocycles. The molecule has 1 unspecified atom stereocenters. The van der Waals surface area contributed by atoms with Crippen LogP contribution in [0.4, 0.5) is 0 Å². The fourth-order valence-electron chi connectivity index (χ4n) is 3.17. The van der Waals surface area contributed by atoms with Crippen molar-refractivity contribution in [3.05, 3.63) is 0 Å². The Bertz CT molecular complexity index is 265. The highest BCUT2D eigenvalue weighted by molar-refractivity contribution is 5.72. The Hall–Kier alpha value is -0.570. The smallest absolute Gasteiger partial charge is 0.309 e. The summed E-state index contributed by atoms with van der Waals surface area (Å²) < 4.78 is 11.4. The van der Waals surface area contributed by atoms with Crippen LogP contribution >= 0.6 is 0 Å². The second-order valence-electron chi connectivity index (χ2n) is 6.18. The van der Waals surface area contributed by atoms with Gasteiger partial charge in [0, 0.05) is 0 Å². The van der Waals surface area contributed by atoms with Gasteiger partial charge in [-0.25, -0.2) is 0 Å². The molecule has 0 aliphatic heterocycles. The summed E-state index contributed by atoms with van der Waals surface area (Å²) in [6.45, 7) is 2.51. The number of hydrogen-bond acceptors (Lipinski definition) is 3. The summed E-state index contributed by atoms with van der Waals surface area (Å²) in [6, 6.07) is 0. The summed E-state index contributed by atoms with van der Waals surface area (Å²) in [5.74, 6) is 0.144. The number of rotatable bonds is 5. The zero-order valence-electron chi connectivity index (χ0n) is 12.2. The molecule has 0 aromatic rings. The fourth-order valence-corrected chi connectivity index (χ4v) is 3.17. The molecule has 2 saturated carbocycles. The zero-order valence-corrected chi connectivity index (χ0v) is 12.2. The molecule has 0 saturated heterocycles. The minimum absolute atomic E-state index is 0.000515. The predicted octanol–water partition coefficient (Wildman–Crippen LogP) is 3.85. The van der Waals surface area contributed by atoms with Crippen molar-refractivity contribution < 1.29 is 14.3 Å². The number of hydrogen-bond donors (Lipinski definition) is 0. The molecule has 0 N–H and O–H groups in total. The maximum Gasteiger partial charge on any atom is 0.309 e. The van der Waals surface area contributed by atoms with E-state index in [0.29, 0.717) is 12.7 Å². The summed E-state index contributed by atoms with van der Waals surface area (Å²) in [4.78, 5) is 12.0. The monoisotopic (exact) mass is 268 g/mol. The van der Waals surface area contributed by atoms with Crippen LogP contribution in [0.5, 0.6) is 0 Å². The van der Waals surface area contributed by atoms with Crippen LogP contribution in [-0.4, -0.2) is 24.8 Å². The van der Waals surface area contributed by atoms with Crippen LogP contribution in [0.15, 0.2) is 0 Å². The largest absolute Gasteiger partial charge is 0.460 e. The van der Waals surface area contributed by atoms with Gasteiger partial charge in [0.25, 0.3) is 0 Å². The van der Waals surface area contributed by atoms with E-state index in [1.807, 2.05) is 6.92 Å². The van der Waals surface area contributed by atoms with Crippen molar-refractivity contribution in [1.82, 2.24) is 0 Å². The van der Waals surface area contributed by atoms with Gasteiger partial charge in [-0.05, 0) is 32.6 Å². The predicted molar refractivity (Wildman–Crippen MR) is 75.0 cm³/mol. The maximum atomic E-state index is 12.0. The van der Waals surface area contributed by atoms with Crippen molar-refractivity contribution in [3.63, 3.8) is 0 Å². The lowest BCUT2D eigenvalue weighted by atomic mass is 9.89. The maximum absolute atomic E-state index is 12.0. The molecule has 3 nitrogen and oxygen atoms in total. The van der Waals surface area contributed by atoms with E-state index in [1.165, 1.54) is 51.4 Å². The molecule has 110 valence electrons.